The third-order valence-corrected chi connectivity index (χ3v) is 5.07. The van der Waals surface area contributed by atoms with E-state index >= 15 is 0 Å². The van der Waals surface area contributed by atoms with Crippen LogP contribution in [-0.2, 0) is 0 Å². The van der Waals surface area contributed by atoms with Gasteiger partial charge in [-0.05, 0) is 62.3 Å². The minimum Gasteiger partial charge on any atom is -0.314 e. The van der Waals surface area contributed by atoms with Crippen molar-refractivity contribution in [1.29, 1.82) is 0 Å². The molecule has 0 aromatic rings. The minimum absolute atomic E-state index is 0.596. The van der Waals surface area contributed by atoms with Gasteiger partial charge in [-0.2, -0.15) is 0 Å². The van der Waals surface area contributed by atoms with E-state index < -0.39 is 0 Å². The highest BCUT2D eigenvalue weighted by Crippen LogP contribution is 2.34. The molecule has 0 amide bonds. The van der Waals surface area contributed by atoms with Gasteiger partial charge >= 0.3 is 0 Å². The summed E-state index contributed by atoms with van der Waals surface area (Å²) >= 11 is 0. The molecule has 0 spiro atoms. The van der Waals surface area contributed by atoms with Gasteiger partial charge in [0.1, 0.15) is 0 Å². The molecule has 2 aliphatic carbocycles. The van der Waals surface area contributed by atoms with Crippen molar-refractivity contribution >= 4 is 0 Å². The van der Waals surface area contributed by atoms with Crippen LogP contribution in [0.1, 0.15) is 72.1 Å². The van der Waals surface area contributed by atoms with Crippen molar-refractivity contribution in [1.82, 2.24) is 5.32 Å². The van der Waals surface area contributed by atoms with Gasteiger partial charge in [-0.3, -0.25) is 0 Å². The Morgan fingerprint density at radius 1 is 1.06 bits per heavy atom. The Kier molecular flexibility index (Phi) is 4.52. The van der Waals surface area contributed by atoms with E-state index in [1.54, 1.807) is 0 Å². The molecule has 1 heteroatoms. The van der Waals surface area contributed by atoms with Gasteiger partial charge in [0.25, 0.3) is 0 Å². The van der Waals surface area contributed by atoms with Crippen LogP contribution in [0, 0.1) is 17.3 Å². The minimum atomic E-state index is 0.596. The predicted molar refractivity (Wildman–Crippen MR) is 75.2 cm³/mol. The molecule has 1 N–H and O–H groups in total. The van der Waals surface area contributed by atoms with Crippen molar-refractivity contribution < 1.29 is 0 Å². The standard InChI is InChI=1S/C16H31N/c1-13-6-7-14(11-13)12-17-15-5-4-9-16(2,3)10-8-15/h13-15,17H,4-12H2,1-3H3. The molecule has 3 unspecified atom stereocenters. The Hall–Kier alpha value is -0.0400. The highest BCUT2D eigenvalue weighted by Gasteiger charge is 2.26. The number of hydrogen-bond donors (Lipinski definition) is 1. The topological polar surface area (TPSA) is 12.0 Å². The van der Waals surface area contributed by atoms with Crippen molar-refractivity contribution in [3.05, 3.63) is 0 Å². The lowest BCUT2D eigenvalue weighted by atomic mass is 9.85. The second kappa shape index (κ2) is 5.73. The van der Waals surface area contributed by atoms with E-state index in [-0.39, 0.29) is 0 Å². The van der Waals surface area contributed by atoms with Crippen molar-refractivity contribution in [3.8, 4) is 0 Å². The average Bonchev–Trinajstić information content (AvgIpc) is 2.59. The second-order valence-corrected chi connectivity index (χ2v) is 7.48. The van der Waals surface area contributed by atoms with Crippen LogP contribution in [0.2, 0.25) is 0 Å². The Bertz CT molecular complexity index is 234. The lowest BCUT2D eigenvalue weighted by molar-refractivity contribution is 0.308. The summed E-state index contributed by atoms with van der Waals surface area (Å²) < 4.78 is 0. The zero-order chi connectivity index (χ0) is 12.3. The molecule has 2 aliphatic rings. The van der Waals surface area contributed by atoms with Crippen molar-refractivity contribution in [2.24, 2.45) is 17.3 Å². The van der Waals surface area contributed by atoms with Crippen LogP contribution in [-0.4, -0.2) is 12.6 Å². The molecule has 2 saturated carbocycles. The molecule has 3 atom stereocenters. The van der Waals surface area contributed by atoms with E-state index in [4.69, 9.17) is 0 Å². The van der Waals surface area contributed by atoms with Gasteiger partial charge in [0.05, 0.1) is 0 Å². The third kappa shape index (κ3) is 4.28. The lowest BCUT2D eigenvalue weighted by Gasteiger charge is -2.22. The van der Waals surface area contributed by atoms with E-state index in [2.05, 4.69) is 26.1 Å². The van der Waals surface area contributed by atoms with Crippen LogP contribution in [0.4, 0.5) is 0 Å². The van der Waals surface area contributed by atoms with Gasteiger partial charge in [-0.25, -0.2) is 0 Å². The summed E-state index contributed by atoms with van der Waals surface area (Å²) in [5.41, 5.74) is 0.596. The van der Waals surface area contributed by atoms with Gasteiger partial charge in [0, 0.05) is 6.04 Å². The van der Waals surface area contributed by atoms with Crippen LogP contribution in [0.25, 0.3) is 0 Å². The predicted octanol–water partition coefficient (Wildman–Crippen LogP) is 4.37. The maximum atomic E-state index is 3.86. The SMILES string of the molecule is CC1CCC(CNC2CCCC(C)(C)CC2)C1. The summed E-state index contributed by atoms with van der Waals surface area (Å²) in [5, 5.41) is 3.86. The highest BCUT2D eigenvalue weighted by atomic mass is 14.9. The first-order valence-corrected chi connectivity index (χ1v) is 7.78. The molecule has 2 rings (SSSR count). The number of nitrogens with one attached hydrogen (secondary N) is 1. The molecule has 0 bridgehead atoms. The molecule has 100 valence electrons. The molecule has 0 aromatic heterocycles. The van der Waals surface area contributed by atoms with Gasteiger partial charge < -0.3 is 5.32 Å². The average molecular weight is 237 g/mol. The fourth-order valence-electron chi connectivity index (χ4n) is 3.71. The van der Waals surface area contributed by atoms with Crippen LogP contribution in [0.15, 0.2) is 0 Å². The first-order chi connectivity index (χ1) is 8.05. The molecule has 0 saturated heterocycles. The Morgan fingerprint density at radius 3 is 2.59 bits per heavy atom. The lowest BCUT2D eigenvalue weighted by Crippen LogP contribution is -2.32. The number of rotatable bonds is 3. The van der Waals surface area contributed by atoms with Crippen LogP contribution < -0.4 is 5.32 Å². The Balaban J connectivity index is 1.69. The Labute approximate surface area is 108 Å². The molecule has 0 aromatic carbocycles. The number of hydrogen-bond acceptors (Lipinski definition) is 1. The summed E-state index contributed by atoms with van der Waals surface area (Å²) in [7, 11) is 0. The summed E-state index contributed by atoms with van der Waals surface area (Å²) in [6.45, 7) is 8.58. The maximum Gasteiger partial charge on any atom is 0.00673 e. The van der Waals surface area contributed by atoms with Gasteiger partial charge in [0.2, 0.25) is 0 Å². The van der Waals surface area contributed by atoms with Crippen molar-refractivity contribution in [2.75, 3.05) is 6.54 Å². The molecule has 0 heterocycles. The molecule has 1 nitrogen and oxygen atoms in total. The first kappa shape index (κ1) is 13.4. The van der Waals surface area contributed by atoms with Gasteiger partial charge in [0.15, 0.2) is 0 Å². The smallest absolute Gasteiger partial charge is 0.00673 e. The third-order valence-electron chi connectivity index (χ3n) is 5.07. The summed E-state index contributed by atoms with van der Waals surface area (Å²) in [6, 6.07) is 0.813. The molecule has 0 radical (unpaired) electrons. The summed E-state index contributed by atoms with van der Waals surface area (Å²) in [4.78, 5) is 0. The van der Waals surface area contributed by atoms with Gasteiger partial charge in [-0.1, -0.05) is 33.6 Å². The largest absolute Gasteiger partial charge is 0.314 e. The van der Waals surface area contributed by atoms with E-state index in [9.17, 15) is 0 Å². The highest BCUT2D eigenvalue weighted by molar-refractivity contribution is 4.81. The van der Waals surface area contributed by atoms with Crippen LogP contribution >= 0.6 is 0 Å². The normalized spacial score (nSPS) is 37.9. The summed E-state index contributed by atoms with van der Waals surface area (Å²) in [5.74, 6) is 1.95. The summed E-state index contributed by atoms with van der Waals surface area (Å²) in [6.07, 6.45) is 11.5. The molecular weight excluding hydrogens is 206 g/mol. The zero-order valence-corrected chi connectivity index (χ0v) is 12.1. The Morgan fingerprint density at radius 2 is 1.88 bits per heavy atom. The van der Waals surface area contributed by atoms with Crippen LogP contribution in [0.3, 0.4) is 0 Å². The molecule has 0 aliphatic heterocycles. The second-order valence-electron chi connectivity index (χ2n) is 7.48. The maximum absolute atomic E-state index is 3.86. The monoisotopic (exact) mass is 237 g/mol. The van der Waals surface area contributed by atoms with E-state index in [1.165, 1.54) is 57.9 Å². The quantitative estimate of drug-likeness (QED) is 0.719. The molecule has 2 fully saturated rings. The van der Waals surface area contributed by atoms with E-state index in [0.717, 1.165) is 17.9 Å². The molecular formula is C16H31N. The van der Waals surface area contributed by atoms with Crippen molar-refractivity contribution in [2.45, 2.75) is 78.2 Å². The van der Waals surface area contributed by atoms with Crippen LogP contribution in [0.5, 0.6) is 0 Å². The van der Waals surface area contributed by atoms with E-state index in [1.807, 2.05) is 0 Å². The van der Waals surface area contributed by atoms with E-state index in [0.29, 0.717) is 5.41 Å². The van der Waals surface area contributed by atoms with Gasteiger partial charge in [-0.15, -0.1) is 0 Å². The zero-order valence-electron chi connectivity index (χ0n) is 12.1. The first-order valence-electron chi connectivity index (χ1n) is 7.78. The molecule has 17 heavy (non-hydrogen) atoms. The fourth-order valence-corrected chi connectivity index (χ4v) is 3.71. The van der Waals surface area contributed by atoms with Crippen molar-refractivity contribution in [3.63, 3.8) is 0 Å². The fraction of sp³-hybridized carbons (Fsp3) is 1.00.